The molecule has 4 N–H and O–H groups in total. The van der Waals surface area contributed by atoms with Crippen molar-refractivity contribution in [3.63, 3.8) is 0 Å². The number of Topliss-reactive ketones (excluding diaryl/α,β-unsaturated/α-hetero) is 1. The number of carbonyl (C=O) groups is 4. The van der Waals surface area contributed by atoms with Gasteiger partial charge in [0.1, 0.15) is 23.7 Å². The first-order valence-corrected chi connectivity index (χ1v) is 12.2. The summed E-state index contributed by atoms with van der Waals surface area (Å²) in [4.78, 5) is 66.2. The van der Waals surface area contributed by atoms with E-state index in [1.807, 2.05) is 5.32 Å². The third-order valence-electron chi connectivity index (χ3n) is 5.30. The number of esters is 1. The Kier molecular flexibility index (Phi) is 10.0. The molecular weight excluding hydrogens is 516 g/mol. The fourth-order valence-electron chi connectivity index (χ4n) is 3.46. The molecule has 0 fully saturated rings. The predicted molar refractivity (Wildman–Crippen MR) is 139 cm³/mol. The molecule has 0 saturated carbocycles. The number of carbonyl (C=O) groups excluding carboxylic acids is 4. The van der Waals surface area contributed by atoms with Crippen LogP contribution in [0.5, 0.6) is 0 Å². The van der Waals surface area contributed by atoms with Crippen LogP contribution < -0.4 is 21.9 Å². The van der Waals surface area contributed by atoms with Crippen molar-refractivity contribution in [2.75, 3.05) is 12.3 Å². The van der Waals surface area contributed by atoms with Gasteiger partial charge in [-0.3, -0.25) is 28.5 Å². The van der Waals surface area contributed by atoms with E-state index in [-0.39, 0.29) is 17.9 Å². The summed E-state index contributed by atoms with van der Waals surface area (Å²) in [6.45, 7) is 6.52. The molecule has 2 amide bonds. The normalized spacial score (nSPS) is 12.5. The number of hydrogen-bond acceptors (Lipinski definition) is 8. The lowest BCUT2D eigenvalue weighted by Crippen LogP contribution is -2.57. The minimum atomic E-state index is -4.51. The molecule has 0 bridgehead atoms. The average molecular weight is 550 g/mol. The monoisotopic (exact) mass is 549 g/mol. The van der Waals surface area contributed by atoms with E-state index in [1.54, 1.807) is 51.1 Å². The van der Waals surface area contributed by atoms with E-state index in [0.717, 1.165) is 10.8 Å². The maximum atomic E-state index is 14.8. The summed E-state index contributed by atoms with van der Waals surface area (Å²) in [5.41, 5.74) is 4.39. The first-order chi connectivity index (χ1) is 18.0. The molecule has 2 aromatic rings. The van der Waals surface area contributed by atoms with Crippen LogP contribution in [0.1, 0.15) is 41.0 Å². The molecule has 11 nitrogen and oxygen atoms in total. The summed E-state index contributed by atoms with van der Waals surface area (Å²) in [6, 6.07) is 6.65. The number of ketones is 1. The van der Waals surface area contributed by atoms with Gasteiger partial charge >= 0.3 is 11.9 Å². The molecule has 2 rings (SSSR count). The van der Waals surface area contributed by atoms with Crippen LogP contribution in [0, 0.1) is 5.92 Å². The maximum absolute atomic E-state index is 14.8. The number of nitrogen functional groups attached to an aromatic ring is 1. The number of nitrogens with zero attached hydrogens (tertiary/aromatic N) is 2. The molecule has 0 aliphatic heterocycles. The van der Waals surface area contributed by atoms with Gasteiger partial charge < -0.3 is 21.1 Å². The number of halogens is 2. The van der Waals surface area contributed by atoms with E-state index in [0.29, 0.717) is 5.56 Å². The number of alkyl halides is 2. The zero-order valence-electron chi connectivity index (χ0n) is 22.4. The van der Waals surface area contributed by atoms with E-state index in [1.165, 1.54) is 13.8 Å². The van der Waals surface area contributed by atoms with Gasteiger partial charge in [-0.1, -0.05) is 44.2 Å². The molecule has 212 valence electrons. The number of anilines is 1. The number of amides is 2. The Morgan fingerprint density at radius 2 is 1.72 bits per heavy atom. The van der Waals surface area contributed by atoms with Gasteiger partial charge in [0.25, 0.3) is 11.5 Å². The number of aromatic nitrogens is 2. The molecule has 1 aromatic carbocycles. The molecule has 0 aliphatic carbocycles. The SMILES string of the molecule is CC(C)C(NC(=O)Cn1c(-c2ccccc2)ncc(N)c1=O)C(=O)C(F)(F)C(=O)NCCC(=O)OC(C)(C)C. The number of ether oxygens (including phenoxy) is 1. The maximum Gasteiger partial charge on any atom is 0.383 e. The van der Waals surface area contributed by atoms with Crippen molar-refractivity contribution in [2.45, 2.75) is 65.1 Å². The molecule has 0 radical (unpaired) electrons. The molecular formula is C26H33F2N5O6. The zero-order chi connectivity index (χ0) is 29.5. The lowest BCUT2D eigenvalue weighted by molar-refractivity contribution is -0.161. The minimum Gasteiger partial charge on any atom is -0.460 e. The van der Waals surface area contributed by atoms with Crippen LogP contribution in [-0.2, 0) is 30.5 Å². The van der Waals surface area contributed by atoms with Crippen LogP contribution >= 0.6 is 0 Å². The van der Waals surface area contributed by atoms with E-state index in [4.69, 9.17) is 10.5 Å². The summed E-state index contributed by atoms with van der Waals surface area (Å²) in [6.07, 6.45) is 0.756. The molecule has 0 spiro atoms. The number of benzene rings is 1. The van der Waals surface area contributed by atoms with Crippen molar-refractivity contribution < 1.29 is 32.7 Å². The van der Waals surface area contributed by atoms with Gasteiger partial charge in [0.15, 0.2) is 0 Å². The summed E-state index contributed by atoms with van der Waals surface area (Å²) >= 11 is 0. The Labute approximate surface area is 224 Å². The lowest BCUT2D eigenvalue weighted by Gasteiger charge is -2.25. The number of nitrogens with one attached hydrogen (secondary N) is 2. The molecule has 39 heavy (non-hydrogen) atoms. The first-order valence-electron chi connectivity index (χ1n) is 12.2. The van der Waals surface area contributed by atoms with Crippen LogP contribution in [0.2, 0.25) is 0 Å². The van der Waals surface area contributed by atoms with E-state index < -0.39 is 65.7 Å². The molecule has 13 heteroatoms. The molecule has 1 aromatic heterocycles. The highest BCUT2D eigenvalue weighted by Crippen LogP contribution is 2.21. The quantitative estimate of drug-likeness (QED) is 0.282. The van der Waals surface area contributed by atoms with Gasteiger partial charge in [0.2, 0.25) is 11.7 Å². The third kappa shape index (κ3) is 8.42. The Morgan fingerprint density at radius 3 is 2.28 bits per heavy atom. The van der Waals surface area contributed by atoms with Crippen molar-refractivity contribution >= 4 is 29.3 Å². The number of rotatable bonds is 11. The fourth-order valence-corrected chi connectivity index (χ4v) is 3.46. The Balaban J connectivity index is 2.16. The Bertz CT molecular complexity index is 1270. The second-order valence-corrected chi connectivity index (χ2v) is 10.1. The van der Waals surface area contributed by atoms with Crippen molar-refractivity contribution in [1.29, 1.82) is 0 Å². The van der Waals surface area contributed by atoms with Crippen LogP contribution in [0.3, 0.4) is 0 Å². The van der Waals surface area contributed by atoms with Gasteiger partial charge in [0, 0.05) is 12.1 Å². The minimum absolute atomic E-state index is 0.104. The van der Waals surface area contributed by atoms with Gasteiger partial charge in [-0.2, -0.15) is 8.78 Å². The Morgan fingerprint density at radius 1 is 1.10 bits per heavy atom. The third-order valence-corrected chi connectivity index (χ3v) is 5.30. The summed E-state index contributed by atoms with van der Waals surface area (Å²) < 4.78 is 35.6. The van der Waals surface area contributed by atoms with E-state index in [9.17, 15) is 32.8 Å². The highest BCUT2D eigenvalue weighted by Gasteiger charge is 2.51. The fraction of sp³-hybridized carbons (Fsp3) is 0.462. The largest absolute Gasteiger partial charge is 0.460 e. The van der Waals surface area contributed by atoms with Crippen LogP contribution in [-0.4, -0.2) is 57.2 Å². The smallest absolute Gasteiger partial charge is 0.383 e. The van der Waals surface area contributed by atoms with Crippen molar-refractivity contribution in [3.05, 3.63) is 46.9 Å². The van der Waals surface area contributed by atoms with Gasteiger partial charge in [-0.25, -0.2) is 4.98 Å². The average Bonchev–Trinajstić information content (AvgIpc) is 2.84. The highest BCUT2D eigenvalue weighted by atomic mass is 19.3. The summed E-state index contributed by atoms with van der Waals surface area (Å²) in [5, 5.41) is 4.06. The van der Waals surface area contributed by atoms with Crippen molar-refractivity contribution in [3.8, 4) is 11.4 Å². The van der Waals surface area contributed by atoms with Gasteiger partial charge in [-0.05, 0) is 26.7 Å². The van der Waals surface area contributed by atoms with Gasteiger partial charge in [0.05, 0.1) is 18.7 Å². The molecule has 1 atom stereocenters. The second-order valence-electron chi connectivity index (χ2n) is 10.1. The molecule has 0 aliphatic rings. The lowest BCUT2D eigenvalue weighted by atomic mass is 9.95. The standard InChI is InChI=1S/C26H33F2N5O6/c1-15(2)20(21(36)26(27,28)24(38)30-12-11-19(35)39-25(3,4)5)32-18(34)14-33-22(16-9-7-6-8-10-16)31-13-17(29)23(33)37/h6-10,13,15,20H,11-12,14,29H2,1-5H3,(H,30,38)(H,32,34). The summed E-state index contributed by atoms with van der Waals surface area (Å²) in [5.74, 6) is -10.7. The van der Waals surface area contributed by atoms with E-state index >= 15 is 0 Å². The van der Waals surface area contributed by atoms with Crippen molar-refractivity contribution in [2.24, 2.45) is 5.92 Å². The molecule has 0 saturated heterocycles. The van der Waals surface area contributed by atoms with Crippen LogP contribution in [0.25, 0.3) is 11.4 Å². The van der Waals surface area contributed by atoms with E-state index in [2.05, 4.69) is 10.3 Å². The van der Waals surface area contributed by atoms with Crippen LogP contribution in [0.4, 0.5) is 14.5 Å². The highest BCUT2D eigenvalue weighted by molar-refractivity contribution is 6.10. The molecule has 1 unspecified atom stereocenters. The summed E-state index contributed by atoms with van der Waals surface area (Å²) in [7, 11) is 0. The van der Waals surface area contributed by atoms with Crippen LogP contribution in [0.15, 0.2) is 41.3 Å². The number of nitrogens with two attached hydrogens (primary N) is 1. The zero-order valence-corrected chi connectivity index (χ0v) is 22.4. The second kappa shape index (κ2) is 12.6. The molecule has 1 heterocycles. The van der Waals surface area contributed by atoms with Crippen molar-refractivity contribution in [1.82, 2.24) is 20.2 Å². The number of hydrogen-bond donors (Lipinski definition) is 3. The topological polar surface area (TPSA) is 162 Å². The van der Waals surface area contributed by atoms with Gasteiger partial charge in [-0.15, -0.1) is 0 Å². The first kappa shape index (κ1) is 31.1. The predicted octanol–water partition coefficient (Wildman–Crippen LogP) is 1.69. The Hall–Kier alpha value is -4.16.